The fourth-order valence-electron chi connectivity index (χ4n) is 6.22. The summed E-state index contributed by atoms with van der Waals surface area (Å²) in [5, 5.41) is 48.1. The first-order chi connectivity index (χ1) is 17.4. The number of fused-ring (bicyclic) bond motifs is 3. The van der Waals surface area contributed by atoms with Crippen molar-refractivity contribution in [2.45, 2.75) is 44.4 Å². The van der Waals surface area contributed by atoms with Gasteiger partial charge in [0.1, 0.15) is 22.8 Å². The Labute approximate surface area is 214 Å². The van der Waals surface area contributed by atoms with Gasteiger partial charge in [0.2, 0.25) is 5.78 Å². The van der Waals surface area contributed by atoms with E-state index in [9.17, 15) is 34.8 Å². The Balaban J connectivity index is 1.92. The largest absolute Gasteiger partial charge is 0.510 e. The van der Waals surface area contributed by atoms with Gasteiger partial charge in [0.25, 0.3) is 5.91 Å². The van der Waals surface area contributed by atoms with Gasteiger partial charge in [0.15, 0.2) is 11.4 Å². The Morgan fingerprint density at radius 1 is 1.27 bits per heavy atom. The summed E-state index contributed by atoms with van der Waals surface area (Å²) in [7, 11) is 3.20. The number of aliphatic hydroxyl groups excluding tert-OH is 2. The van der Waals surface area contributed by atoms with E-state index >= 15 is 0 Å². The number of phenolic OH excluding ortho intramolecular Hbond substituents is 1. The molecule has 0 bridgehead atoms. The molecule has 0 radical (unpaired) electrons. The number of nitrogens with one attached hydrogen (secondary N) is 1. The quantitative estimate of drug-likeness (QED) is 0.177. The molecule has 0 heterocycles. The number of rotatable bonds is 7. The number of aliphatic hydroxyl groups is 3. The van der Waals surface area contributed by atoms with E-state index in [-0.39, 0.29) is 36.3 Å². The van der Waals surface area contributed by atoms with E-state index in [0.29, 0.717) is 24.1 Å². The van der Waals surface area contributed by atoms with Crippen LogP contribution in [0.2, 0.25) is 0 Å². The number of hydrogen-bond donors (Lipinski definition) is 6. The van der Waals surface area contributed by atoms with Crippen LogP contribution in [0.1, 0.15) is 40.4 Å². The lowest BCUT2D eigenvalue weighted by Crippen LogP contribution is -2.63. The number of aromatic hydroxyl groups is 1. The maximum Gasteiger partial charge on any atom is 0.255 e. The number of carbonyl (C=O) groups is 3. The van der Waals surface area contributed by atoms with Crippen LogP contribution >= 0.6 is 0 Å². The Kier molecular flexibility index (Phi) is 6.78. The molecule has 4 atom stereocenters. The van der Waals surface area contributed by atoms with Crippen molar-refractivity contribution >= 4 is 17.5 Å². The van der Waals surface area contributed by atoms with Crippen LogP contribution in [0.25, 0.3) is 0 Å². The van der Waals surface area contributed by atoms with E-state index in [4.69, 9.17) is 5.73 Å². The van der Waals surface area contributed by atoms with Gasteiger partial charge in [-0.15, -0.1) is 6.58 Å². The number of hydrogen-bond acceptors (Lipinski definition) is 9. The van der Waals surface area contributed by atoms with Crippen LogP contribution < -0.4 is 11.1 Å². The van der Waals surface area contributed by atoms with E-state index < -0.39 is 58.0 Å². The van der Waals surface area contributed by atoms with Crippen molar-refractivity contribution in [1.82, 2.24) is 10.2 Å². The molecule has 0 fully saturated rings. The molecule has 1 amide bonds. The van der Waals surface area contributed by atoms with Gasteiger partial charge < -0.3 is 31.5 Å². The first-order valence-corrected chi connectivity index (χ1v) is 12.2. The average molecular weight is 512 g/mol. The summed E-state index contributed by atoms with van der Waals surface area (Å²) in [5.41, 5.74) is 3.81. The summed E-state index contributed by atoms with van der Waals surface area (Å²) in [4.78, 5) is 40.8. The monoisotopic (exact) mass is 511 g/mol. The summed E-state index contributed by atoms with van der Waals surface area (Å²) < 4.78 is 0. The summed E-state index contributed by atoms with van der Waals surface area (Å²) in [6, 6.07) is 0.842. The van der Waals surface area contributed by atoms with E-state index in [1.807, 2.05) is 13.0 Å². The van der Waals surface area contributed by atoms with Gasteiger partial charge in [0.05, 0.1) is 11.6 Å². The number of benzene rings is 1. The van der Waals surface area contributed by atoms with E-state index in [2.05, 4.69) is 11.9 Å². The van der Waals surface area contributed by atoms with Crippen LogP contribution in [0, 0.1) is 11.8 Å². The molecule has 3 aliphatic rings. The summed E-state index contributed by atoms with van der Waals surface area (Å²) in [6.07, 6.45) is 2.62. The molecular formula is C27H33N3O7. The Hall–Kier alpha value is -3.47. The fraction of sp³-hybridized carbons (Fsp3) is 0.444. The molecule has 0 saturated carbocycles. The molecule has 0 spiro atoms. The highest BCUT2D eigenvalue weighted by atomic mass is 16.3. The zero-order chi connectivity index (χ0) is 27.4. The van der Waals surface area contributed by atoms with Gasteiger partial charge in [-0.3, -0.25) is 19.3 Å². The minimum absolute atomic E-state index is 0.0375. The lowest BCUT2D eigenvalue weighted by Gasteiger charge is -2.50. The average Bonchev–Trinajstić information content (AvgIpc) is 2.82. The van der Waals surface area contributed by atoms with Gasteiger partial charge in [-0.2, -0.15) is 0 Å². The van der Waals surface area contributed by atoms with Crippen LogP contribution in [0.3, 0.4) is 0 Å². The number of likely N-dealkylation sites (N-methyl/N-ethyl adjacent to an activating group) is 1. The molecule has 7 N–H and O–H groups in total. The number of carbonyl (C=O) groups excluding carboxylic acids is 3. The van der Waals surface area contributed by atoms with Crippen LogP contribution in [0.15, 0.2) is 41.4 Å². The SMILES string of the molecule is C=CCNCc1cc(CC)c2c(c1O)C(=O)C1=C(O)[C@]3(O)C(=O)C(C(N)=O)=C(O)[C@@H](N(C)C)[C@@H]3C[C@@H]1C2. The van der Waals surface area contributed by atoms with Gasteiger partial charge in [-0.25, -0.2) is 0 Å². The fourth-order valence-corrected chi connectivity index (χ4v) is 6.22. The molecule has 10 heteroatoms. The highest BCUT2D eigenvalue weighted by Gasteiger charge is 2.63. The van der Waals surface area contributed by atoms with Crippen LogP contribution in [-0.4, -0.2) is 75.1 Å². The Morgan fingerprint density at radius 3 is 2.51 bits per heavy atom. The first-order valence-electron chi connectivity index (χ1n) is 12.2. The molecule has 0 saturated heterocycles. The minimum atomic E-state index is -2.64. The third kappa shape index (κ3) is 3.78. The van der Waals surface area contributed by atoms with Crippen molar-refractivity contribution in [1.29, 1.82) is 0 Å². The normalized spacial score (nSPS) is 27.2. The second-order valence-electron chi connectivity index (χ2n) is 10.1. The second-order valence-corrected chi connectivity index (χ2v) is 10.1. The van der Waals surface area contributed by atoms with Gasteiger partial charge in [-0.05, 0) is 50.4 Å². The molecule has 0 aromatic heterocycles. The Morgan fingerprint density at radius 2 is 1.95 bits per heavy atom. The number of aryl methyl sites for hydroxylation is 1. The highest BCUT2D eigenvalue weighted by molar-refractivity contribution is 6.24. The number of primary amides is 1. The Bertz CT molecular complexity index is 1280. The molecule has 3 aliphatic carbocycles. The number of phenols is 1. The molecular weight excluding hydrogens is 478 g/mol. The molecule has 1 aromatic rings. The van der Waals surface area contributed by atoms with Crippen LogP contribution in [-0.2, 0) is 29.0 Å². The smallest absolute Gasteiger partial charge is 0.255 e. The number of ketones is 2. The zero-order valence-corrected chi connectivity index (χ0v) is 21.2. The summed E-state index contributed by atoms with van der Waals surface area (Å²) in [5.74, 6) is -6.47. The number of nitrogens with zero attached hydrogens (tertiary/aromatic N) is 1. The van der Waals surface area contributed by atoms with Crippen molar-refractivity contribution in [3.63, 3.8) is 0 Å². The van der Waals surface area contributed by atoms with Crippen molar-refractivity contribution in [2.24, 2.45) is 17.6 Å². The lowest BCUT2D eigenvalue weighted by atomic mass is 9.58. The van der Waals surface area contributed by atoms with Crippen molar-refractivity contribution in [3.05, 3.63) is 63.6 Å². The molecule has 1 aromatic carbocycles. The van der Waals surface area contributed by atoms with Gasteiger partial charge in [0, 0.05) is 30.1 Å². The number of amides is 1. The standard InChI is InChI=1S/C27H33N3O7/c1-5-7-29-11-14-8-12(6-2)15-9-13-10-16-20(30(3)4)23(33)19(26(28)36)25(35)27(16,37)24(34)17(13)22(32)18(15)21(14)31/h5,8,13,16,20,29,31,33-34,37H,1,6-7,9-11H2,2-4H3,(H2,28,36)/t13-,16-,20-,27-/m0/s1. The molecule has 0 unspecified atom stereocenters. The van der Waals surface area contributed by atoms with Crippen LogP contribution in [0.4, 0.5) is 0 Å². The first kappa shape index (κ1) is 26.6. The summed E-state index contributed by atoms with van der Waals surface area (Å²) >= 11 is 0. The third-order valence-corrected chi connectivity index (χ3v) is 7.88. The van der Waals surface area contributed by atoms with Crippen molar-refractivity contribution in [2.75, 3.05) is 20.6 Å². The van der Waals surface area contributed by atoms with E-state index in [1.165, 1.54) is 4.90 Å². The highest BCUT2D eigenvalue weighted by Crippen LogP contribution is 2.52. The number of Topliss-reactive ketones (excluding diaryl/α,β-unsaturated/α-hetero) is 2. The van der Waals surface area contributed by atoms with Gasteiger partial charge in [-0.1, -0.05) is 19.1 Å². The number of allylic oxidation sites excluding steroid dienone is 1. The van der Waals surface area contributed by atoms with Gasteiger partial charge >= 0.3 is 0 Å². The molecule has 0 aliphatic heterocycles. The van der Waals surface area contributed by atoms with Crippen molar-refractivity contribution in [3.8, 4) is 5.75 Å². The predicted octanol–water partition coefficient (Wildman–Crippen LogP) is 0.959. The molecule has 198 valence electrons. The minimum Gasteiger partial charge on any atom is -0.510 e. The topological polar surface area (TPSA) is 173 Å². The molecule has 4 rings (SSSR count). The van der Waals surface area contributed by atoms with E-state index in [1.54, 1.807) is 20.2 Å². The van der Waals surface area contributed by atoms with E-state index in [0.717, 1.165) is 5.56 Å². The molecule has 37 heavy (non-hydrogen) atoms. The zero-order valence-electron chi connectivity index (χ0n) is 21.2. The molecule has 10 nitrogen and oxygen atoms in total. The van der Waals surface area contributed by atoms with Crippen LogP contribution in [0.5, 0.6) is 5.75 Å². The maximum atomic E-state index is 13.9. The lowest BCUT2D eigenvalue weighted by molar-refractivity contribution is -0.148. The maximum absolute atomic E-state index is 13.9. The number of nitrogens with two attached hydrogens (primary N) is 1. The predicted molar refractivity (Wildman–Crippen MR) is 135 cm³/mol. The van der Waals surface area contributed by atoms with Crippen molar-refractivity contribution < 1.29 is 34.8 Å². The second kappa shape index (κ2) is 9.44. The third-order valence-electron chi connectivity index (χ3n) is 7.88. The summed E-state index contributed by atoms with van der Waals surface area (Å²) in [6.45, 7) is 6.36.